The van der Waals surface area contributed by atoms with Crippen LogP contribution in [0, 0.1) is 5.92 Å². The van der Waals surface area contributed by atoms with E-state index in [1.807, 2.05) is 18.2 Å². The lowest BCUT2D eigenvalue weighted by atomic mass is 9.63. The number of carbonyl (C=O) groups is 2. The van der Waals surface area contributed by atoms with E-state index in [-0.39, 0.29) is 18.8 Å². The zero-order valence-electron chi connectivity index (χ0n) is 27.8. The van der Waals surface area contributed by atoms with Crippen LogP contribution >= 0.6 is 0 Å². The molecule has 4 aromatic carbocycles. The Hall–Kier alpha value is -4.97. The summed E-state index contributed by atoms with van der Waals surface area (Å²) in [7, 11) is 0. The molecule has 48 heavy (non-hydrogen) atoms. The molecule has 0 bridgehead atoms. The molecule has 244 valence electrons. The van der Waals surface area contributed by atoms with Gasteiger partial charge in [0.25, 0.3) is 0 Å². The molecule has 0 saturated heterocycles. The quantitative estimate of drug-likeness (QED) is 0.103. The largest absolute Gasteiger partial charge is 0.481 e. The zero-order chi connectivity index (χ0) is 33.6. The lowest BCUT2D eigenvalue weighted by Gasteiger charge is -2.40. The van der Waals surface area contributed by atoms with E-state index < -0.39 is 22.8 Å². The number of hydrogen-bond donors (Lipinski definition) is 2. The third-order valence-corrected chi connectivity index (χ3v) is 10.9. The second-order valence-corrected chi connectivity index (χ2v) is 13.9. The molecule has 2 aliphatic heterocycles. The minimum Gasteiger partial charge on any atom is -0.481 e. The second kappa shape index (κ2) is 12.2. The molecule has 4 aromatic rings. The number of rotatable bonds is 10. The number of carboxylic acids is 2. The summed E-state index contributed by atoms with van der Waals surface area (Å²) in [6, 6.07) is 25.4. The molecule has 6 nitrogen and oxygen atoms in total. The highest BCUT2D eigenvalue weighted by molar-refractivity contribution is 6.18. The van der Waals surface area contributed by atoms with Crippen LogP contribution in [0.4, 0.5) is 11.4 Å². The van der Waals surface area contributed by atoms with Gasteiger partial charge in [0.1, 0.15) is 6.42 Å². The van der Waals surface area contributed by atoms with Crippen LogP contribution in [0.5, 0.6) is 0 Å². The molecule has 0 aromatic heterocycles. The summed E-state index contributed by atoms with van der Waals surface area (Å²) < 4.78 is 2.18. The monoisotopic (exact) mass is 639 g/mol. The highest BCUT2D eigenvalue weighted by atomic mass is 16.4. The molecule has 0 radical (unpaired) electrons. The molecule has 0 amide bonds. The first-order valence-corrected chi connectivity index (χ1v) is 17.1. The first kappa shape index (κ1) is 31.6. The fourth-order valence-electron chi connectivity index (χ4n) is 8.85. The maximum Gasteiger partial charge on any atom is 0.309 e. The van der Waals surface area contributed by atoms with Crippen LogP contribution in [0.15, 0.2) is 109 Å². The predicted molar refractivity (Wildman–Crippen MR) is 194 cm³/mol. The van der Waals surface area contributed by atoms with Gasteiger partial charge in [-0.3, -0.25) is 9.59 Å². The van der Waals surface area contributed by atoms with Crippen molar-refractivity contribution in [1.82, 2.24) is 0 Å². The van der Waals surface area contributed by atoms with E-state index in [9.17, 15) is 19.8 Å². The Bertz CT molecular complexity index is 2070. The van der Waals surface area contributed by atoms with Crippen molar-refractivity contribution in [2.75, 3.05) is 18.0 Å². The molecule has 6 heteroatoms. The Morgan fingerprint density at radius 3 is 2.23 bits per heavy atom. The lowest BCUT2D eigenvalue weighted by molar-refractivity contribution is -0.436. The molecule has 2 heterocycles. The molecular weight excluding hydrogens is 596 g/mol. The average Bonchev–Trinajstić information content (AvgIpc) is 3.49. The first-order valence-electron chi connectivity index (χ1n) is 17.1. The summed E-state index contributed by atoms with van der Waals surface area (Å²) in [5.41, 5.74) is 5.60. The topological polar surface area (TPSA) is 80.9 Å². The van der Waals surface area contributed by atoms with E-state index in [0.717, 1.165) is 58.4 Å². The van der Waals surface area contributed by atoms with Crippen LogP contribution in [-0.4, -0.2) is 45.5 Å². The molecule has 0 spiro atoms. The molecule has 2 unspecified atom stereocenters. The second-order valence-electron chi connectivity index (χ2n) is 13.9. The molecule has 7 rings (SSSR count). The van der Waals surface area contributed by atoms with E-state index in [0.29, 0.717) is 19.5 Å². The van der Waals surface area contributed by atoms with Crippen LogP contribution in [0.2, 0.25) is 0 Å². The number of hydrogen-bond acceptors (Lipinski definition) is 3. The number of para-hydroxylation sites is 1. The molecule has 2 atom stereocenters. The number of carboxylic acid groups (broad SMARTS) is 2. The number of nitrogens with zero attached hydrogens (tertiary/aromatic N) is 2. The van der Waals surface area contributed by atoms with Crippen LogP contribution in [0.25, 0.3) is 21.5 Å². The van der Waals surface area contributed by atoms with Crippen molar-refractivity contribution in [3.63, 3.8) is 0 Å². The number of benzene rings is 4. The van der Waals surface area contributed by atoms with E-state index in [1.165, 1.54) is 16.3 Å². The van der Waals surface area contributed by atoms with Crippen molar-refractivity contribution in [2.24, 2.45) is 5.92 Å². The summed E-state index contributed by atoms with van der Waals surface area (Å²) in [6.45, 7) is 9.39. The highest BCUT2D eigenvalue weighted by Crippen LogP contribution is 2.61. The Labute approximate surface area is 282 Å². The highest BCUT2D eigenvalue weighted by Gasteiger charge is 2.54. The summed E-state index contributed by atoms with van der Waals surface area (Å²) >= 11 is 0. The van der Waals surface area contributed by atoms with Gasteiger partial charge in [0.2, 0.25) is 5.69 Å². The Morgan fingerprint density at radius 1 is 0.917 bits per heavy atom. The van der Waals surface area contributed by atoms with Crippen molar-refractivity contribution >= 4 is 50.6 Å². The number of anilines is 1. The number of aliphatic carboxylic acids is 2. The maximum atomic E-state index is 12.3. The summed E-state index contributed by atoms with van der Waals surface area (Å²) in [5, 5.41) is 24.5. The van der Waals surface area contributed by atoms with Crippen LogP contribution in [0.3, 0.4) is 0 Å². The average molecular weight is 640 g/mol. The van der Waals surface area contributed by atoms with Gasteiger partial charge in [0.15, 0.2) is 12.3 Å². The van der Waals surface area contributed by atoms with Crippen molar-refractivity contribution in [1.29, 1.82) is 0 Å². The van der Waals surface area contributed by atoms with Gasteiger partial charge in [-0.05, 0) is 67.2 Å². The van der Waals surface area contributed by atoms with Crippen molar-refractivity contribution in [3.8, 4) is 0 Å². The van der Waals surface area contributed by atoms with E-state index in [4.69, 9.17) is 0 Å². The van der Waals surface area contributed by atoms with Gasteiger partial charge in [-0.25, -0.2) is 0 Å². The van der Waals surface area contributed by atoms with Crippen LogP contribution < -0.4 is 4.90 Å². The molecule has 3 aliphatic rings. The smallest absolute Gasteiger partial charge is 0.309 e. The number of allylic oxidation sites excluding steroid dienone is 5. The van der Waals surface area contributed by atoms with Crippen LogP contribution in [-0.2, 0) is 20.4 Å². The van der Waals surface area contributed by atoms with Crippen molar-refractivity contribution < 1.29 is 24.4 Å². The normalized spacial score (nSPS) is 22.0. The van der Waals surface area contributed by atoms with Gasteiger partial charge in [-0.1, -0.05) is 85.0 Å². The summed E-state index contributed by atoms with van der Waals surface area (Å²) in [5.74, 6) is -1.54. The van der Waals surface area contributed by atoms with Gasteiger partial charge in [-0.15, -0.1) is 6.58 Å². The van der Waals surface area contributed by atoms with Gasteiger partial charge >= 0.3 is 11.9 Å². The molecule has 0 fully saturated rings. The fraction of sp³-hybridized carbons (Fsp3) is 0.310. The Kier molecular flexibility index (Phi) is 8.06. The SMILES string of the molecule is C=CCC1(C2C=CCCC2)C(=CC2=[N+](CCC(=O)O)c3ccccc3C2(C)C)N(CCC(=O)O)c2c1c1ccccc1c1ccccc21. The van der Waals surface area contributed by atoms with E-state index in [1.54, 1.807) is 0 Å². The summed E-state index contributed by atoms with van der Waals surface area (Å²) in [6.07, 6.45) is 12.8. The maximum absolute atomic E-state index is 12.3. The predicted octanol–water partition coefficient (Wildman–Crippen LogP) is 8.89. The van der Waals surface area contributed by atoms with E-state index in [2.05, 4.69) is 109 Å². The minimum atomic E-state index is -0.843. The Balaban J connectivity index is 1.63. The van der Waals surface area contributed by atoms with Gasteiger partial charge < -0.3 is 15.1 Å². The fourth-order valence-corrected chi connectivity index (χ4v) is 8.85. The molecular formula is C42H43N2O4+. The van der Waals surface area contributed by atoms with Gasteiger partial charge in [0, 0.05) is 40.7 Å². The Morgan fingerprint density at radius 2 is 1.56 bits per heavy atom. The first-order chi connectivity index (χ1) is 23.2. The van der Waals surface area contributed by atoms with Crippen molar-refractivity contribution in [3.05, 3.63) is 121 Å². The van der Waals surface area contributed by atoms with Gasteiger partial charge in [0.05, 0.1) is 17.5 Å². The third kappa shape index (κ3) is 4.88. The lowest BCUT2D eigenvalue weighted by Crippen LogP contribution is -2.40. The standard InChI is InChI=1S/C42H42N2O4/c1-4-24-42(28-14-6-5-7-15-28)36(27-35-41(2,3)33-20-12-13-21-34(33)43(35)25-22-37(45)46)44(26-23-38(47)48)40-32-19-11-9-17-30(32)29-16-8-10-18-31(29)39(40)42/h4,6,8-14,16-21,27-28H,1,5,7,15,22-26H2,2-3H3,(H-,45,46,47,48)/p+1. The summed E-state index contributed by atoms with van der Waals surface area (Å²) in [4.78, 5) is 26.5. The van der Waals surface area contributed by atoms with Crippen LogP contribution in [0.1, 0.15) is 63.5 Å². The minimum absolute atomic E-state index is 0.00151. The zero-order valence-corrected chi connectivity index (χ0v) is 27.8. The van der Waals surface area contributed by atoms with E-state index >= 15 is 0 Å². The third-order valence-electron chi connectivity index (χ3n) is 10.9. The number of fused-ring (bicyclic) bond motifs is 7. The molecule has 2 N–H and O–H groups in total. The van der Waals surface area contributed by atoms with Gasteiger partial charge in [-0.2, -0.15) is 4.58 Å². The van der Waals surface area contributed by atoms with Crippen molar-refractivity contribution in [2.45, 2.75) is 63.2 Å². The molecule has 0 saturated carbocycles. The molecule has 1 aliphatic carbocycles.